The molecule has 3 atom stereocenters. The molecule has 1 heterocycles. The van der Waals surface area contributed by atoms with Gasteiger partial charge in [-0.15, -0.1) is 15.2 Å². The van der Waals surface area contributed by atoms with Crippen molar-refractivity contribution in [1.29, 1.82) is 0 Å². The fourth-order valence-corrected chi connectivity index (χ4v) is 3.74. The van der Waals surface area contributed by atoms with Crippen LogP contribution >= 0.6 is 0 Å². The molecule has 0 amide bonds. The van der Waals surface area contributed by atoms with Crippen LogP contribution in [0.1, 0.15) is 0 Å². The number of hydrogen-bond acceptors (Lipinski definition) is 9. The molecular formula is C10H14F2N5O8S2+. The maximum atomic E-state index is 15.0. The number of nitrogens with zero attached hydrogens (tertiary/aromatic N) is 3. The second kappa shape index (κ2) is 6.27. The molecule has 3 unspecified atom stereocenters. The lowest BCUT2D eigenvalue weighted by atomic mass is 10.3. The van der Waals surface area contributed by atoms with Crippen molar-refractivity contribution in [2.45, 2.75) is 11.2 Å². The third-order valence-corrected chi connectivity index (χ3v) is 5.37. The Balaban J connectivity index is 2.92. The van der Waals surface area contributed by atoms with Crippen molar-refractivity contribution in [3.63, 3.8) is 0 Å². The number of para-hydroxylation sites is 1. The Hall–Kier alpha value is -1.99. The Labute approximate surface area is 151 Å². The number of ether oxygens (including phenoxy) is 1. The molecule has 1 aromatic carbocycles. The summed E-state index contributed by atoms with van der Waals surface area (Å²) >= 11 is 0. The average molecular weight is 434 g/mol. The van der Waals surface area contributed by atoms with Gasteiger partial charge in [-0.1, -0.05) is 22.5 Å². The Morgan fingerprint density at radius 2 is 1.78 bits per heavy atom. The molecule has 17 heteroatoms. The molecule has 1 aromatic rings. The van der Waals surface area contributed by atoms with E-state index in [1.54, 1.807) is 0 Å². The number of amidine groups is 1. The SMILES string of the molecule is COC1(Nc2ccccc2)N(S(=O)(=O)O)C(F)=NC(F)(S(=O)(=O)O)[N+]1(N)O. The maximum absolute atomic E-state index is 15.0. The number of methoxy groups -OCH3 is 1. The van der Waals surface area contributed by atoms with Crippen molar-refractivity contribution in [3.8, 4) is 0 Å². The summed E-state index contributed by atoms with van der Waals surface area (Å²) in [4.78, 5) is 2.18. The molecular weight excluding hydrogens is 420 g/mol. The van der Waals surface area contributed by atoms with Crippen LogP contribution in [0.2, 0.25) is 0 Å². The van der Waals surface area contributed by atoms with Gasteiger partial charge in [0.05, 0.1) is 0 Å². The number of rotatable bonds is 5. The number of hydrogen-bond donors (Lipinski definition) is 5. The first kappa shape index (κ1) is 21.3. The summed E-state index contributed by atoms with van der Waals surface area (Å²) in [6.07, 6.45) is -2.52. The number of quaternary nitrogens is 1. The summed E-state index contributed by atoms with van der Waals surface area (Å²) in [5.41, 5.74) is -0.206. The lowest BCUT2D eigenvalue weighted by molar-refractivity contribution is -1.20. The molecule has 6 N–H and O–H groups in total. The first-order valence-electron chi connectivity index (χ1n) is 6.62. The van der Waals surface area contributed by atoms with Crippen molar-refractivity contribution in [1.82, 2.24) is 4.31 Å². The van der Waals surface area contributed by atoms with Crippen molar-refractivity contribution in [3.05, 3.63) is 30.3 Å². The fourth-order valence-electron chi connectivity index (χ4n) is 2.29. The largest absolute Gasteiger partial charge is 0.527 e. The third kappa shape index (κ3) is 3.02. The predicted octanol–water partition coefficient (Wildman–Crippen LogP) is -0.652. The van der Waals surface area contributed by atoms with E-state index >= 15 is 0 Å². The molecule has 152 valence electrons. The fraction of sp³-hybridized carbons (Fsp3) is 0.300. The van der Waals surface area contributed by atoms with Gasteiger partial charge in [-0.2, -0.15) is 26.4 Å². The minimum Gasteiger partial charge on any atom is -0.288 e. The molecule has 1 aliphatic heterocycles. The number of nitrogens with two attached hydrogens (primary N) is 1. The highest BCUT2D eigenvalue weighted by Crippen LogP contribution is 2.44. The van der Waals surface area contributed by atoms with E-state index in [4.69, 9.17) is 10.4 Å². The second-order valence-electron chi connectivity index (χ2n) is 5.12. The van der Waals surface area contributed by atoms with Crippen LogP contribution in [0.4, 0.5) is 14.5 Å². The molecule has 1 aliphatic rings. The topological polar surface area (TPSA) is 192 Å². The van der Waals surface area contributed by atoms with E-state index in [0.717, 1.165) is 0 Å². The molecule has 0 spiro atoms. The van der Waals surface area contributed by atoms with E-state index < -0.39 is 46.8 Å². The Kier molecular flexibility index (Phi) is 4.95. The molecule has 0 radical (unpaired) electrons. The normalized spacial score (nSPS) is 32.1. The number of nitrogens with one attached hydrogen (secondary N) is 1. The van der Waals surface area contributed by atoms with Gasteiger partial charge in [-0.05, 0) is 12.1 Å². The molecule has 0 bridgehead atoms. The summed E-state index contributed by atoms with van der Waals surface area (Å²) in [6, 6.07) is 6.55. The lowest BCUT2D eigenvalue weighted by Crippen LogP contribution is -2.87. The van der Waals surface area contributed by atoms with Crippen LogP contribution in [0.25, 0.3) is 0 Å². The monoisotopic (exact) mass is 434 g/mol. The van der Waals surface area contributed by atoms with E-state index in [1.165, 1.54) is 30.3 Å². The summed E-state index contributed by atoms with van der Waals surface area (Å²) in [5, 5.41) is 7.55. The minimum absolute atomic E-state index is 0.206. The van der Waals surface area contributed by atoms with Crippen LogP contribution in [-0.4, -0.2) is 64.6 Å². The highest BCUT2D eigenvalue weighted by molar-refractivity contribution is 7.86. The van der Waals surface area contributed by atoms with Gasteiger partial charge in [0, 0.05) is 17.6 Å². The van der Waals surface area contributed by atoms with Gasteiger partial charge >= 0.3 is 37.7 Å². The first-order chi connectivity index (χ1) is 12.1. The predicted molar refractivity (Wildman–Crippen MR) is 83.4 cm³/mol. The Morgan fingerprint density at radius 3 is 2.19 bits per heavy atom. The third-order valence-electron chi connectivity index (χ3n) is 3.48. The van der Waals surface area contributed by atoms with Crippen LogP contribution in [0, 0.1) is 0 Å². The van der Waals surface area contributed by atoms with E-state index in [2.05, 4.69) is 9.73 Å². The molecule has 0 aliphatic carbocycles. The number of benzene rings is 1. The molecule has 0 fully saturated rings. The van der Waals surface area contributed by atoms with Crippen molar-refractivity contribution >= 4 is 32.2 Å². The van der Waals surface area contributed by atoms with Gasteiger partial charge in [0.2, 0.25) is 0 Å². The highest BCUT2D eigenvalue weighted by Gasteiger charge is 2.81. The lowest BCUT2D eigenvalue weighted by Gasteiger charge is -2.49. The molecule has 0 aromatic heterocycles. The first-order valence-corrected chi connectivity index (χ1v) is 9.46. The van der Waals surface area contributed by atoms with E-state index in [9.17, 15) is 35.4 Å². The van der Waals surface area contributed by atoms with E-state index in [1.807, 2.05) is 5.32 Å². The van der Waals surface area contributed by atoms with Gasteiger partial charge in [-0.3, -0.25) is 19.2 Å². The summed E-state index contributed by atoms with van der Waals surface area (Å²) < 4.78 is 94.3. The van der Waals surface area contributed by atoms with E-state index in [0.29, 0.717) is 7.11 Å². The molecule has 13 nitrogen and oxygen atoms in total. The standard InChI is InChI=1S/C10H13F2N5O8S2/c1-25-10(14-7-5-3-2-4-6-7)16(27(22,23)24)8(11)15-9(12,17(10,13)18)26(19,20)21/h2-6,14,18H,13H2,1H3,(H-,19,20,21,22,23,24)/p+1. The molecule has 2 rings (SSSR count). The number of alkyl halides is 1. The highest BCUT2D eigenvalue weighted by atomic mass is 32.2. The van der Waals surface area contributed by atoms with Gasteiger partial charge in [0.1, 0.15) is 0 Å². The number of hydroxylamine groups is 2. The number of aliphatic imine (C=N–C) groups is 1. The van der Waals surface area contributed by atoms with Crippen molar-refractivity contribution in [2.24, 2.45) is 10.8 Å². The molecule has 0 saturated heterocycles. The van der Waals surface area contributed by atoms with Crippen LogP contribution in [0.3, 0.4) is 0 Å². The zero-order chi connectivity index (χ0) is 20.9. The zero-order valence-corrected chi connectivity index (χ0v) is 14.9. The van der Waals surface area contributed by atoms with Crippen LogP contribution in [-0.2, 0) is 25.2 Å². The van der Waals surface area contributed by atoms with Gasteiger partial charge < -0.3 is 0 Å². The van der Waals surface area contributed by atoms with Gasteiger partial charge in [0.15, 0.2) is 0 Å². The molecule has 27 heavy (non-hydrogen) atoms. The number of anilines is 1. The van der Waals surface area contributed by atoms with Crippen LogP contribution in [0.5, 0.6) is 0 Å². The van der Waals surface area contributed by atoms with Gasteiger partial charge in [-0.25, -0.2) is 0 Å². The summed E-state index contributed by atoms with van der Waals surface area (Å²) in [5.74, 6) is 1.61. The van der Waals surface area contributed by atoms with Crippen molar-refractivity contribution < 1.29 is 49.4 Å². The maximum Gasteiger partial charge on any atom is 0.527 e. The second-order valence-corrected chi connectivity index (χ2v) is 7.85. The van der Waals surface area contributed by atoms with Crippen LogP contribution < -0.4 is 11.2 Å². The van der Waals surface area contributed by atoms with Crippen LogP contribution in [0.15, 0.2) is 35.3 Å². The van der Waals surface area contributed by atoms with Gasteiger partial charge in [0.25, 0.3) is 0 Å². The summed E-state index contributed by atoms with van der Waals surface area (Å²) in [7, 11) is -11.3. The minimum atomic E-state index is -6.13. The van der Waals surface area contributed by atoms with E-state index in [-0.39, 0.29) is 5.69 Å². The smallest absolute Gasteiger partial charge is 0.288 e. The van der Waals surface area contributed by atoms with Crippen molar-refractivity contribution in [2.75, 3.05) is 12.4 Å². The Bertz CT molecular complexity index is 973. The summed E-state index contributed by atoms with van der Waals surface area (Å²) in [6.45, 7) is 0. The average Bonchev–Trinajstić information content (AvgIpc) is 2.51. The zero-order valence-electron chi connectivity index (χ0n) is 13.3. The molecule has 0 saturated carbocycles. The number of halogens is 2. The quantitative estimate of drug-likeness (QED) is 0.131. The Morgan fingerprint density at radius 1 is 1.26 bits per heavy atom.